The molecule has 1 aliphatic rings. The Labute approximate surface area is 229 Å². The van der Waals surface area contributed by atoms with E-state index in [0.29, 0.717) is 15.6 Å². The molecular formula is C25H24BrF4N9. The van der Waals surface area contributed by atoms with Crippen LogP contribution >= 0.6 is 15.9 Å². The summed E-state index contributed by atoms with van der Waals surface area (Å²) in [6.07, 6.45) is -1.96. The van der Waals surface area contributed by atoms with Crippen molar-refractivity contribution in [1.82, 2.24) is 34.5 Å². The van der Waals surface area contributed by atoms with Crippen LogP contribution in [0.2, 0.25) is 0 Å². The number of anilines is 1. The zero-order chi connectivity index (χ0) is 28.3. The molecule has 1 fully saturated rings. The first-order chi connectivity index (χ1) is 18.2. The van der Waals surface area contributed by atoms with E-state index < -0.39 is 17.5 Å². The molecule has 0 spiro atoms. The van der Waals surface area contributed by atoms with Crippen molar-refractivity contribution < 1.29 is 17.6 Å². The lowest BCUT2D eigenvalue weighted by Crippen LogP contribution is -2.42. The van der Waals surface area contributed by atoms with Gasteiger partial charge in [0.1, 0.15) is 22.7 Å². The molecule has 0 saturated carbocycles. The molecule has 5 rings (SSSR count). The Hall–Kier alpha value is -3.60. The predicted octanol–water partition coefficient (Wildman–Crippen LogP) is 5.49. The number of hydrogen-bond donors (Lipinski definition) is 0. The van der Waals surface area contributed by atoms with E-state index in [1.165, 1.54) is 17.1 Å². The Kier molecular flexibility index (Phi) is 6.40. The van der Waals surface area contributed by atoms with Crippen LogP contribution in [0.25, 0.3) is 22.3 Å². The van der Waals surface area contributed by atoms with Crippen LogP contribution in [-0.4, -0.2) is 47.6 Å². The lowest BCUT2D eigenvalue weighted by atomic mass is 9.91. The van der Waals surface area contributed by atoms with E-state index in [0.717, 1.165) is 6.07 Å². The van der Waals surface area contributed by atoms with Crippen molar-refractivity contribution in [3.63, 3.8) is 0 Å². The number of nitriles is 1. The molecule has 1 saturated heterocycles. The molecule has 9 nitrogen and oxygen atoms in total. The van der Waals surface area contributed by atoms with Crippen molar-refractivity contribution in [2.45, 2.75) is 51.0 Å². The highest BCUT2D eigenvalue weighted by Crippen LogP contribution is 2.43. The standard InChI is InChI=1S/C25H24BrF4N9/c1-23(2,3)39-20(26)16-9-15(12-32-21(16)36-39)18-19(14(11-31)10-17(34-18)25(28,29)30)38-7-5-24(27,6-8-38)22-35-33-13-37(22)4/h9-10,12-13H,5-8H2,1-4H3. The molecule has 0 radical (unpaired) electrons. The zero-order valence-electron chi connectivity index (χ0n) is 21.6. The number of aryl methyl sites for hydroxylation is 1. The maximum atomic E-state index is 15.8. The Balaban J connectivity index is 1.64. The van der Waals surface area contributed by atoms with E-state index in [9.17, 15) is 18.4 Å². The quantitative estimate of drug-likeness (QED) is 0.284. The minimum Gasteiger partial charge on any atom is -0.368 e. The van der Waals surface area contributed by atoms with Gasteiger partial charge in [0.15, 0.2) is 17.1 Å². The Bertz CT molecular complexity index is 1600. The van der Waals surface area contributed by atoms with Crippen LogP contribution in [0.5, 0.6) is 0 Å². The molecule has 39 heavy (non-hydrogen) atoms. The van der Waals surface area contributed by atoms with Crippen molar-refractivity contribution in [2.24, 2.45) is 7.05 Å². The van der Waals surface area contributed by atoms with Gasteiger partial charge in [0.25, 0.3) is 0 Å². The largest absolute Gasteiger partial charge is 0.433 e. The first kappa shape index (κ1) is 27.0. The minimum atomic E-state index is -4.78. The van der Waals surface area contributed by atoms with Crippen molar-refractivity contribution in [3.8, 4) is 17.3 Å². The number of fused-ring (bicyclic) bond motifs is 1. The second kappa shape index (κ2) is 9.25. The summed E-state index contributed by atoms with van der Waals surface area (Å²) < 4.78 is 61.2. The molecule has 5 heterocycles. The second-order valence-electron chi connectivity index (χ2n) is 10.5. The lowest BCUT2D eigenvalue weighted by molar-refractivity contribution is -0.141. The fourth-order valence-corrected chi connectivity index (χ4v) is 5.71. The molecular weight excluding hydrogens is 582 g/mol. The highest BCUT2D eigenvalue weighted by Gasteiger charge is 2.42. The van der Waals surface area contributed by atoms with E-state index in [-0.39, 0.29) is 59.8 Å². The number of halogens is 5. The fraction of sp³-hybridized carbons (Fsp3) is 0.440. The number of hydrogen-bond acceptors (Lipinski definition) is 7. The average molecular weight is 606 g/mol. The molecule has 0 amide bonds. The second-order valence-corrected chi connectivity index (χ2v) is 11.3. The number of pyridine rings is 2. The molecule has 14 heteroatoms. The zero-order valence-corrected chi connectivity index (χ0v) is 23.1. The maximum absolute atomic E-state index is 15.8. The molecule has 0 bridgehead atoms. The molecule has 204 valence electrons. The summed E-state index contributed by atoms with van der Waals surface area (Å²) >= 11 is 3.54. The van der Waals surface area contributed by atoms with Gasteiger partial charge in [-0.25, -0.2) is 14.4 Å². The maximum Gasteiger partial charge on any atom is 0.433 e. The molecule has 0 atom stereocenters. The van der Waals surface area contributed by atoms with Gasteiger partial charge in [0.2, 0.25) is 0 Å². The third-order valence-electron chi connectivity index (χ3n) is 6.77. The van der Waals surface area contributed by atoms with E-state index in [4.69, 9.17) is 0 Å². The summed E-state index contributed by atoms with van der Waals surface area (Å²) in [6, 6.07) is 4.28. The molecule has 4 aromatic rings. The number of nitrogens with zero attached hydrogens (tertiary/aromatic N) is 9. The fourth-order valence-electron chi connectivity index (χ4n) is 4.80. The minimum absolute atomic E-state index is 0.00600. The van der Waals surface area contributed by atoms with Crippen molar-refractivity contribution in [3.05, 3.63) is 46.3 Å². The van der Waals surface area contributed by atoms with Crippen LogP contribution in [0, 0.1) is 11.3 Å². The van der Waals surface area contributed by atoms with E-state index in [2.05, 4.69) is 41.2 Å². The third-order valence-corrected chi connectivity index (χ3v) is 7.53. The first-order valence-corrected chi connectivity index (χ1v) is 12.9. The van der Waals surface area contributed by atoms with Crippen LogP contribution in [0.3, 0.4) is 0 Å². The number of alkyl halides is 4. The third kappa shape index (κ3) is 4.73. The Morgan fingerprint density at radius 2 is 1.82 bits per heavy atom. The highest BCUT2D eigenvalue weighted by molar-refractivity contribution is 9.10. The molecule has 0 aliphatic carbocycles. The van der Waals surface area contributed by atoms with Gasteiger partial charge in [-0.05, 0) is 48.8 Å². The summed E-state index contributed by atoms with van der Waals surface area (Å²) in [5, 5.41) is 22.7. The normalized spacial score (nSPS) is 16.1. The van der Waals surface area contributed by atoms with Crippen LogP contribution in [-0.2, 0) is 24.4 Å². The Morgan fingerprint density at radius 1 is 1.13 bits per heavy atom. The van der Waals surface area contributed by atoms with Gasteiger partial charge in [0, 0.05) is 44.7 Å². The van der Waals surface area contributed by atoms with Gasteiger partial charge in [-0.2, -0.15) is 23.5 Å². The smallest absolute Gasteiger partial charge is 0.368 e. The van der Waals surface area contributed by atoms with Gasteiger partial charge in [-0.15, -0.1) is 10.2 Å². The molecule has 0 N–H and O–H groups in total. The summed E-state index contributed by atoms with van der Waals surface area (Å²) in [5.74, 6) is 0.184. The molecule has 1 aliphatic heterocycles. The van der Waals surface area contributed by atoms with Crippen LogP contribution in [0.15, 0.2) is 29.3 Å². The van der Waals surface area contributed by atoms with Gasteiger partial charge in [-0.1, -0.05) is 0 Å². The van der Waals surface area contributed by atoms with E-state index >= 15 is 4.39 Å². The Morgan fingerprint density at radius 3 is 2.38 bits per heavy atom. The van der Waals surface area contributed by atoms with Gasteiger partial charge in [-0.3, -0.25) is 4.68 Å². The number of rotatable bonds is 3. The van der Waals surface area contributed by atoms with Gasteiger partial charge >= 0.3 is 6.18 Å². The first-order valence-electron chi connectivity index (χ1n) is 12.1. The molecule has 0 aromatic carbocycles. The van der Waals surface area contributed by atoms with E-state index in [1.54, 1.807) is 22.7 Å². The average Bonchev–Trinajstić information content (AvgIpc) is 3.46. The summed E-state index contributed by atoms with van der Waals surface area (Å²) in [6.45, 7) is 6.12. The monoisotopic (exact) mass is 605 g/mol. The van der Waals surface area contributed by atoms with Gasteiger partial charge in [0.05, 0.1) is 27.9 Å². The van der Waals surface area contributed by atoms with Crippen LogP contribution < -0.4 is 4.90 Å². The van der Waals surface area contributed by atoms with E-state index in [1.807, 2.05) is 26.8 Å². The SMILES string of the molecule is Cn1cnnc1C1(F)CCN(c2c(C#N)cc(C(F)(F)F)nc2-c2cnc3nn(C(C)(C)C)c(Br)c3c2)CC1. The summed E-state index contributed by atoms with van der Waals surface area (Å²) in [7, 11) is 1.65. The van der Waals surface area contributed by atoms with Crippen molar-refractivity contribution in [1.29, 1.82) is 5.26 Å². The summed E-state index contributed by atoms with van der Waals surface area (Å²) in [5.41, 5.74) is -2.73. The topological polar surface area (TPSA) is 101 Å². The van der Waals surface area contributed by atoms with Crippen LogP contribution in [0.4, 0.5) is 23.2 Å². The van der Waals surface area contributed by atoms with Crippen LogP contribution in [0.1, 0.15) is 50.7 Å². The van der Waals surface area contributed by atoms with Crippen molar-refractivity contribution >= 4 is 32.7 Å². The number of aromatic nitrogens is 7. The predicted molar refractivity (Wildman–Crippen MR) is 138 cm³/mol. The molecule has 4 aromatic heterocycles. The molecule has 0 unspecified atom stereocenters. The van der Waals surface area contributed by atoms with Gasteiger partial charge < -0.3 is 9.47 Å². The lowest BCUT2D eigenvalue weighted by Gasteiger charge is -2.38. The van der Waals surface area contributed by atoms with Crippen molar-refractivity contribution in [2.75, 3.05) is 18.0 Å². The highest BCUT2D eigenvalue weighted by atomic mass is 79.9. The number of piperidine rings is 1. The summed E-state index contributed by atoms with van der Waals surface area (Å²) in [4.78, 5) is 10.1.